The molecule has 2 aromatic heterocycles. The SMILES string of the molecule is CCOc1ccc2nc(-n3nc(C)c4c3NC(=O)C[C@@H]4c3cc(C)ccc3C)sc2c1. The number of aryl methyl sites for hydroxylation is 3. The summed E-state index contributed by atoms with van der Waals surface area (Å²) < 4.78 is 8.43. The van der Waals surface area contributed by atoms with Crippen LogP contribution in [-0.4, -0.2) is 27.3 Å². The second kappa shape index (κ2) is 7.50. The normalized spacial score (nSPS) is 15.7. The van der Waals surface area contributed by atoms with Crippen molar-refractivity contribution in [3.63, 3.8) is 0 Å². The van der Waals surface area contributed by atoms with Gasteiger partial charge < -0.3 is 10.1 Å². The second-order valence-electron chi connectivity index (χ2n) is 7.98. The number of anilines is 1. The quantitative estimate of drug-likeness (QED) is 0.476. The van der Waals surface area contributed by atoms with Gasteiger partial charge in [0.2, 0.25) is 11.0 Å². The van der Waals surface area contributed by atoms with Crippen LogP contribution in [0.15, 0.2) is 36.4 Å². The van der Waals surface area contributed by atoms with E-state index in [1.807, 2.05) is 32.0 Å². The lowest BCUT2D eigenvalue weighted by Gasteiger charge is -2.25. The summed E-state index contributed by atoms with van der Waals surface area (Å²) >= 11 is 1.54. The van der Waals surface area contributed by atoms with E-state index in [4.69, 9.17) is 14.8 Å². The van der Waals surface area contributed by atoms with E-state index in [0.29, 0.717) is 13.0 Å². The van der Waals surface area contributed by atoms with Crippen LogP contribution in [0.25, 0.3) is 15.3 Å². The average molecular weight is 433 g/mol. The van der Waals surface area contributed by atoms with Crippen molar-refractivity contribution in [1.82, 2.24) is 14.8 Å². The van der Waals surface area contributed by atoms with Gasteiger partial charge in [-0.25, -0.2) is 4.98 Å². The highest BCUT2D eigenvalue weighted by atomic mass is 32.1. The Balaban J connectivity index is 1.64. The summed E-state index contributed by atoms with van der Waals surface area (Å²) in [6.07, 6.45) is 0.418. The smallest absolute Gasteiger partial charge is 0.226 e. The molecule has 0 bridgehead atoms. The zero-order chi connectivity index (χ0) is 21.7. The Morgan fingerprint density at radius 3 is 2.84 bits per heavy atom. The number of fused-ring (bicyclic) bond motifs is 2. The van der Waals surface area contributed by atoms with Gasteiger partial charge in [0.05, 0.1) is 22.5 Å². The first-order valence-corrected chi connectivity index (χ1v) is 11.3. The van der Waals surface area contributed by atoms with Gasteiger partial charge in [-0.2, -0.15) is 9.78 Å². The zero-order valence-electron chi connectivity index (χ0n) is 18.0. The molecule has 6 nitrogen and oxygen atoms in total. The van der Waals surface area contributed by atoms with Crippen LogP contribution < -0.4 is 10.1 Å². The fourth-order valence-electron chi connectivity index (χ4n) is 4.33. The first-order chi connectivity index (χ1) is 14.9. The largest absolute Gasteiger partial charge is 0.494 e. The lowest BCUT2D eigenvalue weighted by molar-refractivity contribution is -0.116. The minimum Gasteiger partial charge on any atom is -0.494 e. The Hall–Kier alpha value is -3.19. The molecule has 3 heterocycles. The van der Waals surface area contributed by atoms with Gasteiger partial charge in [-0.1, -0.05) is 35.1 Å². The molecule has 0 saturated heterocycles. The van der Waals surface area contributed by atoms with Crippen LogP contribution in [0.5, 0.6) is 5.75 Å². The maximum absolute atomic E-state index is 12.7. The van der Waals surface area contributed by atoms with Crippen LogP contribution >= 0.6 is 11.3 Å². The molecule has 1 aliphatic heterocycles. The third kappa shape index (κ3) is 3.39. The number of thiazole rings is 1. The number of aromatic nitrogens is 3. The molecule has 0 unspecified atom stereocenters. The molecule has 158 valence electrons. The lowest BCUT2D eigenvalue weighted by atomic mass is 9.83. The summed E-state index contributed by atoms with van der Waals surface area (Å²) in [6.45, 7) is 8.78. The summed E-state index contributed by atoms with van der Waals surface area (Å²) in [5.74, 6) is 1.53. The van der Waals surface area contributed by atoms with Gasteiger partial charge in [-0.15, -0.1) is 0 Å². The Labute approximate surface area is 184 Å². The van der Waals surface area contributed by atoms with Crippen molar-refractivity contribution in [3.8, 4) is 10.9 Å². The van der Waals surface area contributed by atoms with E-state index in [1.165, 1.54) is 28.0 Å². The number of hydrogen-bond acceptors (Lipinski definition) is 5. The molecule has 1 atom stereocenters. The number of hydrogen-bond donors (Lipinski definition) is 1. The number of rotatable bonds is 4. The van der Waals surface area contributed by atoms with Gasteiger partial charge in [-0.05, 0) is 57.0 Å². The van der Waals surface area contributed by atoms with Crippen molar-refractivity contribution in [2.45, 2.75) is 40.0 Å². The fourth-order valence-corrected chi connectivity index (χ4v) is 5.28. The Kier molecular flexibility index (Phi) is 4.78. The molecular weight excluding hydrogens is 408 g/mol. The molecule has 4 aromatic rings. The van der Waals surface area contributed by atoms with Crippen LogP contribution in [0.4, 0.5) is 5.82 Å². The number of carbonyl (C=O) groups excluding carboxylic acids is 1. The van der Waals surface area contributed by atoms with Gasteiger partial charge in [0.25, 0.3) is 0 Å². The third-order valence-corrected chi connectivity index (χ3v) is 6.75. The molecule has 1 N–H and O–H groups in total. The highest BCUT2D eigenvalue weighted by Gasteiger charge is 2.34. The van der Waals surface area contributed by atoms with E-state index in [2.05, 4.69) is 37.4 Å². The number of ether oxygens (including phenoxy) is 1. The van der Waals surface area contributed by atoms with E-state index in [0.717, 1.165) is 38.2 Å². The second-order valence-corrected chi connectivity index (χ2v) is 8.99. The van der Waals surface area contributed by atoms with E-state index in [9.17, 15) is 4.79 Å². The topological polar surface area (TPSA) is 69.0 Å². The monoisotopic (exact) mass is 432 g/mol. The van der Waals surface area contributed by atoms with Crippen LogP contribution in [0.2, 0.25) is 0 Å². The molecule has 1 aliphatic rings. The van der Waals surface area contributed by atoms with Gasteiger partial charge in [-0.3, -0.25) is 4.79 Å². The van der Waals surface area contributed by atoms with Crippen molar-refractivity contribution >= 4 is 33.3 Å². The number of carbonyl (C=O) groups is 1. The van der Waals surface area contributed by atoms with E-state index < -0.39 is 0 Å². The third-order valence-electron chi connectivity index (χ3n) is 5.75. The van der Waals surface area contributed by atoms with E-state index in [1.54, 1.807) is 4.68 Å². The minimum atomic E-state index is -0.0173. The Morgan fingerprint density at radius 2 is 2.03 bits per heavy atom. The first-order valence-electron chi connectivity index (χ1n) is 10.4. The van der Waals surface area contributed by atoms with Crippen molar-refractivity contribution < 1.29 is 9.53 Å². The predicted molar refractivity (Wildman–Crippen MR) is 124 cm³/mol. The fraction of sp³-hybridized carbons (Fsp3) is 0.292. The maximum Gasteiger partial charge on any atom is 0.226 e. The summed E-state index contributed by atoms with van der Waals surface area (Å²) in [4.78, 5) is 17.5. The Bertz CT molecular complexity index is 1320. The van der Waals surface area contributed by atoms with Gasteiger partial charge in [0, 0.05) is 17.9 Å². The molecule has 0 saturated carbocycles. The molecule has 0 fully saturated rings. The van der Waals surface area contributed by atoms with Crippen LogP contribution in [-0.2, 0) is 4.79 Å². The molecule has 31 heavy (non-hydrogen) atoms. The number of benzene rings is 2. The molecule has 1 amide bonds. The maximum atomic E-state index is 12.7. The molecular formula is C24H24N4O2S. The number of nitrogens with zero attached hydrogens (tertiary/aromatic N) is 3. The van der Waals surface area contributed by atoms with Crippen LogP contribution in [0, 0.1) is 20.8 Å². The average Bonchev–Trinajstić information content (AvgIpc) is 3.30. The molecule has 0 radical (unpaired) electrons. The van der Waals surface area contributed by atoms with Crippen molar-refractivity contribution in [3.05, 3.63) is 64.3 Å². The lowest BCUT2D eigenvalue weighted by Crippen LogP contribution is -2.25. The summed E-state index contributed by atoms with van der Waals surface area (Å²) in [6, 6.07) is 12.3. The molecule has 5 rings (SSSR count). The van der Waals surface area contributed by atoms with Gasteiger partial charge in [0.1, 0.15) is 11.6 Å². The van der Waals surface area contributed by atoms with Crippen molar-refractivity contribution in [2.75, 3.05) is 11.9 Å². The highest BCUT2D eigenvalue weighted by molar-refractivity contribution is 7.20. The van der Waals surface area contributed by atoms with E-state index in [-0.39, 0.29) is 11.8 Å². The minimum absolute atomic E-state index is 0.000649. The van der Waals surface area contributed by atoms with Gasteiger partial charge in [0.15, 0.2) is 0 Å². The Morgan fingerprint density at radius 1 is 1.19 bits per heavy atom. The molecule has 0 spiro atoms. The predicted octanol–water partition coefficient (Wildman–Crippen LogP) is 5.28. The van der Waals surface area contributed by atoms with E-state index >= 15 is 0 Å². The van der Waals surface area contributed by atoms with Crippen molar-refractivity contribution in [1.29, 1.82) is 0 Å². The molecule has 7 heteroatoms. The highest BCUT2D eigenvalue weighted by Crippen LogP contribution is 2.42. The van der Waals surface area contributed by atoms with Crippen LogP contribution in [0.3, 0.4) is 0 Å². The zero-order valence-corrected chi connectivity index (χ0v) is 18.8. The summed E-state index contributed by atoms with van der Waals surface area (Å²) in [5.41, 5.74) is 6.43. The molecule has 0 aliphatic carbocycles. The van der Waals surface area contributed by atoms with Crippen molar-refractivity contribution in [2.24, 2.45) is 0 Å². The number of amides is 1. The van der Waals surface area contributed by atoms with Crippen LogP contribution in [0.1, 0.15) is 47.2 Å². The summed E-state index contributed by atoms with van der Waals surface area (Å²) in [5, 5.41) is 8.59. The molecule has 2 aromatic carbocycles. The summed E-state index contributed by atoms with van der Waals surface area (Å²) in [7, 11) is 0. The standard InChI is InChI=1S/C24H24N4O2S/c1-5-30-16-8-9-19-20(11-16)31-24(25-19)28-23-22(15(4)27-28)18(12-21(29)26-23)17-10-13(2)6-7-14(17)3/h6-11,18H,5,12H2,1-4H3,(H,26,29)/t18-/m1/s1. The number of nitrogens with one attached hydrogen (secondary N) is 1. The first kappa shape index (κ1) is 19.8. The van der Waals surface area contributed by atoms with Gasteiger partial charge >= 0.3 is 0 Å².